The molecule has 0 spiro atoms. The minimum atomic E-state index is -4.41. The van der Waals surface area contributed by atoms with E-state index in [-0.39, 0.29) is 17.7 Å². The smallest absolute Gasteiger partial charge is 0.422 e. The van der Waals surface area contributed by atoms with E-state index in [1.165, 1.54) is 12.3 Å². The number of aromatic nitrogens is 1. The van der Waals surface area contributed by atoms with Gasteiger partial charge < -0.3 is 15.0 Å². The van der Waals surface area contributed by atoms with E-state index in [2.05, 4.69) is 20.0 Å². The number of halogens is 3. The topological polar surface area (TPSA) is 66.8 Å². The number of nitrogens with zero attached hydrogens (tertiary/aromatic N) is 3. The van der Waals surface area contributed by atoms with E-state index in [1.807, 2.05) is 17.9 Å². The maximum Gasteiger partial charge on any atom is 0.422 e. The van der Waals surface area contributed by atoms with Crippen molar-refractivity contribution in [1.82, 2.24) is 15.2 Å². The molecule has 1 amide bonds. The molecule has 1 atom stereocenters. The quantitative estimate of drug-likeness (QED) is 0.818. The molecule has 2 heterocycles. The van der Waals surface area contributed by atoms with Crippen LogP contribution in [-0.4, -0.2) is 41.1 Å². The number of hydrogen-bond acceptors (Lipinski definition) is 5. The number of aliphatic imine (C=N–C) groups is 1. The van der Waals surface area contributed by atoms with Gasteiger partial charge in [0.25, 0.3) is 0 Å². The Morgan fingerprint density at radius 1 is 1.37 bits per heavy atom. The first-order chi connectivity index (χ1) is 12.6. The number of alkyl halides is 3. The second-order valence-electron chi connectivity index (χ2n) is 6.62. The Balaban J connectivity index is 2.12. The lowest BCUT2D eigenvalue weighted by Gasteiger charge is -2.34. The van der Waals surface area contributed by atoms with Crippen molar-refractivity contribution in [3.8, 4) is 5.88 Å². The van der Waals surface area contributed by atoms with Crippen LogP contribution in [-0.2, 0) is 11.3 Å². The van der Waals surface area contributed by atoms with Gasteiger partial charge >= 0.3 is 6.18 Å². The molecule has 0 aromatic carbocycles. The van der Waals surface area contributed by atoms with Gasteiger partial charge in [-0.2, -0.15) is 13.2 Å². The average molecular weight is 384 g/mol. The average Bonchev–Trinajstić information content (AvgIpc) is 2.57. The summed E-state index contributed by atoms with van der Waals surface area (Å²) >= 11 is 0. The van der Waals surface area contributed by atoms with Crippen molar-refractivity contribution in [2.24, 2.45) is 10.9 Å². The molecular weight excluding hydrogens is 361 g/mol. The van der Waals surface area contributed by atoms with Crippen LogP contribution >= 0.6 is 0 Å². The fourth-order valence-electron chi connectivity index (χ4n) is 2.36. The molecule has 27 heavy (non-hydrogen) atoms. The van der Waals surface area contributed by atoms with Gasteiger partial charge in [-0.05, 0) is 31.1 Å². The van der Waals surface area contributed by atoms with Gasteiger partial charge in [0, 0.05) is 36.6 Å². The number of pyridine rings is 1. The summed E-state index contributed by atoms with van der Waals surface area (Å²) in [6, 6.07) is 1.47. The van der Waals surface area contributed by atoms with Gasteiger partial charge in [-0.3, -0.25) is 4.79 Å². The molecule has 1 aliphatic rings. The number of carbonyl (C=O) groups excluding carboxylic acids is 1. The predicted octanol–water partition coefficient (Wildman–Crippen LogP) is 3.18. The SMILES string of the molecule is CC1=CC=NC(NC(=O)C(C)C)N1Cc1cnc(OCC(F)(F)F)cc1C. The van der Waals surface area contributed by atoms with Crippen LogP contribution in [0.2, 0.25) is 0 Å². The van der Waals surface area contributed by atoms with E-state index in [0.717, 1.165) is 16.8 Å². The van der Waals surface area contributed by atoms with Gasteiger partial charge in [-0.15, -0.1) is 0 Å². The highest BCUT2D eigenvalue weighted by Gasteiger charge is 2.29. The third-order valence-electron chi connectivity index (χ3n) is 4.01. The summed E-state index contributed by atoms with van der Waals surface area (Å²) in [6.07, 6.45) is -0.0270. The lowest BCUT2D eigenvalue weighted by Crippen LogP contribution is -2.48. The molecule has 0 radical (unpaired) electrons. The second-order valence-corrected chi connectivity index (χ2v) is 6.62. The molecule has 0 bridgehead atoms. The Morgan fingerprint density at radius 3 is 2.67 bits per heavy atom. The maximum atomic E-state index is 12.3. The number of carbonyl (C=O) groups is 1. The zero-order valence-electron chi connectivity index (χ0n) is 15.7. The number of ether oxygens (including phenoxy) is 1. The zero-order chi connectivity index (χ0) is 20.2. The zero-order valence-corrected chi connectivity index (χ0v) is 15.7. The van der Waals surface area contributed by atoms with Crippen molar-refractivity contribution in [1.29, 1.82) is 0 Å². The fraction of sp³-hybridized carbons (Fsp3) is 0.500. The van der Waals surface area contributed by atoms with E-state index in [1.54, 1.807) is 27.0 Å². The van der Waals surface area contributed by atoms with Crippen molar-refractivity contribution in [3.05, 3.63) is 35.2 Å². The maximum absolute atomic E-state index is 12.3. The van der Waals surface area contributed by atoms with Crippen molar-refractivity contribution < 1.29 is 22.7 Å². The number of aryl methyl sites for hydroxylation is 1. The van der Waals surface area contributed by atoms with Gasteiger partial charge in [0.15, 0.2) is 12.9 Å². The Morgan fingerprint density at radius 2 is 2.07 bits per heavy atom. The van der Waals surface area contributed by atoms with Gasteiger partial charge in [-0.1, -0.05) is 13.8 Å². The molecule has 1 aromatic heterocycles. The summed E-state index contributed by atoms with van der Waals surface area (Å²) in [5.41, 5.74) is 2.43. The minimum Gasteiger partial charge on any atom is -0.468 e. The molecule has 0 aliphatic carbocycles. The highest BCUT2D eigenvalue weighted by atomic mass is 19.4. The van der Waals surface area contributed by atoms with Crippen molar-refractivity contribution in [3.63, 3.8) is 0 Å². The molecule has 1 N–H and O–H groups in total. The molecule has 0 saturated heterocycles. The van der Waals surface area contributed by atoms with E-state index in [0.29, 0.717) is 6.54 Å². The first-order valence-electron chi connectivity index (χ1n) is 8.49. The molecule has 2 rings (SSSR count). The predicted molar refractivity (Wildman–Crippen MR) is 95.1 cm³/mol. The number of allylic oxidation sites excluding steroid dienone is 2. The lowest BCUT2D eigenvalue weighted by molar-refractivity contribution is -0.154. The van der Waals surface area contributed by atoms with Crippen LogP contribution in [0.1, 0.15) is 31.9 Å². The van der Waals surface area contributed by atoms with Crippen molar-refractivity contribution in [2.75, 3.05) is 6.61 Å². The molecule has 0 fully saturated rings. The van der Waals surface area contributed by atoms with Crippen LogP contribution in [0.15, 0.2) is 29.0 Å². The van der Waals surface area contributed by atoms with Gasteiger partial charge in [0.05, 0.1) is 0 Å². The minimum absolute atomic E-state index is 0.0813. The standard InChI is InChI=1S/C18H23F3N4O2/c1-11(2)16(26)24-17-22-6-5-13(4)25(17)9-14-8-23-15(7-12(14)3)27-10-18(19,20)21/h5-8,11,17H,9-10H2,1-4H3,(H,24,26). The molecule has 1 aliphatic heterocycles. The number of amides is 1. The summed E-state index contributed by atoms with van der Waals surface area (Å²) in [7, 11) is 0. The highest BCUT2D eigenvalue weighted by molar-refractivity contribution is 5.79. The summed E-state index contributed by atoms with van der Waals surface area (Å²) < 4.78 is 41.5. The highest BCUT2D eigenvalue weighted by Crippen LogP contribution is 2.22. The summed E-state index contributed by atoms with van der Waals surface area (Å²) in [5.74, 6) is -0.383. The number of hydrogen-bond donors (Lipinski definition) is 1. The van der Waals surface area contributed by atoms with Crippen molar-refractivity contribution in [2.45, 2.75) is 46.7 Å². The Labute approximate surface area is 156 Å². The molecule has 148 valence electrons. The van der Waals surface area contributed by atoms with Crippen LogP contribution in [0, 0.1) is 12.8 Å². The normalized spacial score (nSPS) is 17.1. The van der Waals surface area contributed by atoms with Crippen LogP contribution in [0.5, 0.6) is 5.88 Å². The Hall–Kier alpha value is -2.58. The molecular formula is C18H23F3N4O2. The van der Waals surface area contributed by atoms with Gasteiger partial charge in [-0.25, -0.2) is 9.98 Å². The van der Waals surface area contributed by atoms with E-state index in [4.69, 9.17) is 0 Å². The third-order valence-corrected chi connectivity index (χ3v) is 4.01. The van der Waals surface area contributed by atoms with Crippen LogP contribution in [0.3, 0.4) is 0 Å². The van der Waals surface area contributed by atoms with Crippen LogP contribution < -0.4 is 10.1 Å². The summed E-state index contributed by atoms with van der Waals surface area (Å²) in [6.45, 7) is 6.26. The first-order valence-corrected chi connectivity index (χ1v) is 8.49. The van der Waals surface area contributed by atoms with Gasteiger partial charge in [0.1, 0.15) is 0 Å². The van der Waals surface area contributed by atoms with E-state index in [9.17, 15) is 18.0 Å². The van der Waals surface area contributed by atoms with Crippen LogP contribution in [0.25, 0.3) is 0 Å². The molecule has 0 saturated carbocycles. The van der Waals surface area contributed by atoms with E-state index < -0.39 is 19.1 Å². The van der Waals surface area contributed by atoms with E-state index >= 15 is 0 Å². The Kier molecular flexibility index (Phi) is 6.45. The van der Waals surface area contributed by atoms with Gasteiger partial charge in [0.2, 0.25) is 11.8 Å². The third kappa shape index (κ3) is 5.97. The first kappa shape index (κ1) is 20.7. The molecule has 1 aromatic rings. The number of nitrogens with one attached hydrogen (secondary N) is 1. The monoisotopic (exact) mass is 384 g/mol. The lowest BCUT2D eigenvalue weighted by atomic mass is 10.1. The summed E-state index contributed by atoms with van der Waals surface area (Å²) in [4.78, 5) is 22.2. The second kappa shape index (κ2) is 8.41. The fourth-order valence-corrected chi connectivity index (χ4v) is 2.36. The summed E-state index contributed by atoms with van der Waals surface area (Å²) in [5, 5.41) is 2.86. The molecule has 9 heteroatoms. The largest absolute Gasteiger partial charge is 0.468 e. The van der Waals surface area contributed by atoms with Crippen LogP contribution in [0.4, 0.5) is 13.2 Å². The Bertz CT molecular complexity index is 745. The molecule has 6 nitrogen and oxygen atoms in total. The van der Waals surface area contributed by atoms with Crippen molar-refractivity contribution >= 4 is 12.1 Å². The molecule has 1 unspecified atom stereocenters. The number of rotatable bonds is 6.